The van der Waals surface area contributed by atoms with Crippen LogP contribution in [-0.4, -0.2) is 44.4 Å². The van der Waals surface area contributed by atoms with Crippen molar-refractivity contribution in [2.45, 2.75) is 6.04 Å². The molecule has 0 saturated carbocycles. The quantitative estimate of drug-likeness (QED) is 0.377. The summed E-state index contributed by atoms with van der Waals surface area (Å²) >= 11 is 0. The van der Waals surface area contributed by atoms with E-state index in [0.717, 1.165) is 0 Å². The number of rotatable bonds is 6. The number of sulfonamides is 1. The minimum Gasteiger partial charge on any atom is -0.480 e. The average Bonchev–Trinajstić information content (AvgIpc) is 2.00. The summed E-state index contributed by atoms with van der Waals surface area (Å²) in [6.07, 6.45) is 0. The zero-order valence-electron chi connectivity index (χ0n) is 6.93. The molecule has 0 saturated heterocycles. The lowest BCUT2D eigenvalue weighted by molar-refractivity contribution is -0.137. The molecule has 0 bridgehead atoms. The number of carboxylic acids is 1. The summed E-state index contributed by atoms with van der Waals surface area (Å²) in [4.78, 5) is 10.2. The molecule has 13 heavy (non-hydrogen) atoms. The molecule has 0 heterocycles. The Balaban J connectivity index is 4.10. The second kappa shape index (κ2) is 5.12. The van der Waals surface area contributed by atoms with Crippen LogP contribution >= 0.6 is 0 Å². The van der Waals surface area contributed by atoms with E-state index in [0.29, 0.717) is 0 Å². The first-order valence-electron chi connectivity index (χ1n) is 3.55. The lowest BCUT2D eigenvalue weighted by atomic mass is 10.4. The van der Waals surface area contributed by atoms with Crippen molar-refractivity contribution in [2.24, 2.45) is 11.5 Å². The Morgan fingerprint density at radius 3 is 2.46 bits per heavy atom. The number of carbonyl (C=O) groups is 1. The van der Waals surface area contributed by atoms with Crippen LogP contribution in [-0.2, 0) is 14.8 Å². The Kier molecular flexibility index (Phi) is 4.85. The van der Waals surface area contributed by atoms with Crippen molar-refractivity contribution in [1.82, 2.24) is 4.72 Å². The van der Waals surface area contributed by atoms with Crippen LogP contribution in [0.25, 0.3) is 0 Å². The summed E-state index contributed by atoms with van der Waals surface area (Å²) < 4.78 is 24.1. The van der Waals surface area contributed by atoms with E-state index in [1.807, 2.05) is 0 Å². The molecule has 0 aromatic heterocycles. The fraction of sp³-hybridized carbons (Fsp3) is 0.800. The average molecular weight is 211 g/mol. The van der Waals surface area contributed by atoms with E-state index < -0.39 is 27.8 Å². The van der Waals surface area contributed by atoms with Gasteiger partial charge >= 0.3 is 5.97 Å². The third kappa shape index (κ3) is 5.53. The van der Waals surface area contributed by atoms with Gasteiger partial charge in [-0.05, 0) is 0 Å². The molecule has 0 aromatic rings. The van der Waals surface area contributed by atoms with Crippen LogP contribution in [0.2, 0.25) is 0 Å². The Hall–Kier alpha value is -0.700. The largest absolute Gasteiger partial charge is 0.480 e. The molecule has 0 aliphatic carbocycles. The molecule has 0 rings (SSSR count). The number of carboxylic acid groups (broad SMARTS) is 1. The highest BCUT2D eigenvalue weighted by molar-refractivity contribution is 7.89. The normalized spacial score (nSPS) is 14.0. The van der Waals surface area contributed by atoms with Crippen molar-refractivity contribution in [1.29, 1.82) is 0 Å². The van der Waals surface area contributed by atoms with Gasteiger partial charge in [0.1, 0.15) is 6.04 Å². The first-order valence-corrected chi connectivity index (χ1v) is 5.20. The number of aliphatic carboxylic acids is 1. The van der Waals surface area contributed by atoms with E-state index in [-0.39, 0.29) is 13.1 Å². The fourth-order valence-corrected chi connectivity index (χ4v) is 1.74. The lowest BCUT2D eigenvalue weighted by Gasteiger charge is -2.07. The Bertz CT molecular complexity index is 263. The molecule has 0 unspecified atom stereocenters. The first kappa shape index (κ1) is 12.3. The molecule has 0 amide bonds. The first-order chi connectivity index (χ1) is 5.89. The van der Waals surface area contributed by atoms with Crippen molar-refractivity contribution in [2.75, 3.05) is 18.8 Å². The van der Waals surface area contributed by atoms with Crippen LogP contribution in [0.3, 0.4) is 0 Å². The zero-order chi connectivity index (χ0) is 10.5. The maximum atomic E-state index is 11.0. The highest BCUT2D eigenvalue weighted by Crippen LogP contribution is 1.88. The van der Waals surface area contributed by atoms with Gasteiger partial charge in [-0.15, -0.1) is 0 Å². The number of nitrogens with one attached hydrogen (secondary N) is 1. The van der Waals surface area contributed by atoms with Gasteiger partial charge in [-0.1, -0.05) is 0 Å². The van der Waals surface area contributed by atoms with Gasteiger partial charge in [0, 0.05) is 13.1 Å². The molecule has 1 atom stereocenters. The van der Waals surface area contributed by atoms with E-state index in [4.69, 9.17) is 16.6 Å². The molecule has 6 N–H and O–H groups in total. The van der Waals surface area contributed by atoms with Crippen LogP contribution in [0.15, 0.2) is 0 Å². The predicted octanol–water partition coefficient (Wildman–Crippen LogP) is -2.72. The van der Waals surface area contributed by atoms with Crippen molar-refractivity contribution in [3.63, 3.8) is 0 Å². The van der Waals surface area contributed by atoms with E-state index >= 15 is 0 Å². The molecule has 0 fully saturated rings. The summed E-state index contributed by atoms with van der Waals surface area (Å²) in [7, 11) is -3.62. The van der Waals surface area contributed by atoms with E-state index in [1.165, 1.54) is 0 Å². The molecule has 0 radical (unpaired) electrons. The van der Waals surface area contributed by atoms with E-state index in [2.05, 4.69) is 4.72 Å². The minimum atomic E-state index is -3.62. The molecular formula is C5H13N3O4S. The summed E-state index contributed by atoms with van der Waals surface area (Å²) in [5.41, 5.74) is 10.1. The van der Waals surface area contributed by atoms with Crippen molar-refractivity contribution >= 4 is 16.0 Å². The van der Waals surface area contributed by atoms with E-state index in [1.54, 1.807) is 0 Å². The van der Waals surface area contributed by atoms with Crippen molar-refractivity contribution in [3.05, 3.63) is 0 Å². The highest BCUT2D eigenvalue weighted by atomic mass is 32.2. The van der Waals surface area contributed by atoms with E-state index in [9.17, 15) is 13.2 Å². The second-order valence-corrected chi connectivity index (χ2v) is 4.26. The van der Waals surface area contributed by atoms with Gasteiger partial charge in [-0.2, -0.15) is 0 Å². The number of nitrogens with two attached hydrogens (primary N) is 2. The molecule has 8 heteroatoms. The monoisotopic (exact) mass is 211 g/mol. The molecule has 7 nitrogen and oxygen atoms in total. The summed E-state index contributed by atoms with van der Waals surface area (Å²) in [6, 6.07) is -1.41. The molecule has 0 spiro atoms. The van der Waals surface area contributed by atoms with Gasteiger partial charge in [-0.3, -0.25) is 4.79 Å². The van der Waals surface area contributed by atoms with Gasteiger partial charge in [0.15, 0.2) is 0 Å². The molecule has 0 aliphatic heterocycles. The van der Waals surface area contributed by atoms with Crippen LogP contribution < -0.4 is 16.2 Å². The Morgan fingerprint density at radius 2 is 2.08 bits per heavy atom. The maximum absolute atomic E-state index is 11.0. The van der Waals surface area contributed by atoms with Gasteiger partial charge in [0.2, 0.25) is 10.0 Å². The van der Waals surface area contributed by atoms with Crippen molar-refractivity contribution in [3.8, 4) is 0 Å². The van der Waals surface area contributed by atoms with Gasteiger partial charge < -0.3 is 16.6 Å². The van der Waals surface area contributed by atoms with Gasteiger partial charge in [-0.25, -0.2) is 13.1 Å². The summed E-state index contributed by atoms with van der Waals surface area (Å²) in [6.45, 7) is 0.232. The van der Waals surface area contributed by atoms with Crippen LogP contribution in [0, 0.1) is 0 Å². The second-order valence-electron chi connectivity index (χ2n) is 2.41. The van der Waals surface area contributed by atoms with Crippen LogP contribution in [0.4, 0.5) is 0 Å². The topological polar surface area (TPSA) is 136 Å². The molecule has 0 aromatic carbocycles. The smallest absolute Gasteiger partial charge is 0.321 e. The number of hydrogen-bond acceptors (Lipinski definition) is 5. The minimum absolute atomic E-state index is 0.0780. The maximum Gasteiger partial charge on any atom is 0.321 e. The lowest BCUT2D eigenvalue weighted by Crippen LogP contribution is -2.42. The third-order valence-corrected chi connectivity index (χ3v) is 2.62. The standard InChI is InChI=1S/C5H13N3O4S/c6-1-2-8-13(11,12)3-4(7)5(9)10/h4,8H,1-3,6-7H2,(H,9,10)/t4-/m0/s1. The predicted molar refractivity (Wildman–Crippen MR) is 46.5 cm³/mol. The Morgan fingerprint density at radius 1 is 1.54 bits per heavy atom. The zero-order valence-corrected chi connectivity index (χ0v) is 7.75. The fourth-order valence-electron chi connectivity index (χ4n) is 0.581. The molecule has 0 aliphatic rings. The molecular weight excluding hydrogens is 198 g/mol. The molecule has 78 valence electrons. The summed E-state index contributed by atoms with van der Waals surface area (Å²) in [5, 5.41) is 8.33. The SMILES string of the molecule is NCCNS(=O)(=O)C[C@H](N)C(=O)O. The van der Waals surface area contributed by atoms with Gasteiger partial charge in [0.05, 0.1) is 5.75 Å². The van der Waals surface area contributed by atoms with Gasteiger partial charge in [0.25, 0.3) is 0 Å². The van der Waals surface area contributed by atoms with Crippen molar-refractivity contribution < 1.29 is 18.3 Å². The third-order valence-electron chi connectivity index (χ3n) is 1.18. The summed E-state index contributed by atoms with van der Waals surface area (Å²) in [5.74, 6) is -1.99. The van der Waals surface area contributed by atoms with Crippen LogP contribution in [0.5, 0.6) is 0 Å². The van der Waals surface area contributed by atoms with Crippen LogP contribution in [0.1, 0.15) is 0 Å². The highest BCUT2D eigenvalue weighted by Gasteiger charge is 2.20. The number of hydrogen-bond donors (Lipinski definition) is 4. The Labute approximate surface area is 76.1 Å².